The highest BCUT2D eigenvalue weighted by atomic mass is 16.5. The van der Waals surface area contributed by atoms with Gasteiger partial charge in [0.1, 0.15) is 18.8 Å². The molecule has 0 unspecified atom stereocenters. The maximum atomic E-state index is 13.1. The van der Waals surface area contributed by atoms with Crippen LogP contribution in [0.5, 0.6) is 0 Å². The van der Waals surface area contributed by atoms with Gasteiger partial charge in [0.15, 0.2) is 5.43 Å². The van der Waals surface area contributed by atoms with Crippen molar-refractivity contribution in [3.63, 3.8) is 0 Å². The summed E-state index contributed by atoms with van der Waals surface area (Å²) in [4.78, 5) is 38.3. The predicted molar refractivity (Wildman–Crippen MR) is 118 cm³/mol. The second-order valence-electron chi connectivity index (χ2n) is 7.12. The Morgan fingerprint density at radius 3 is 1.94 bits per heavy atom. The van der Waals surface area contributed by atoms with Gasteiger partial charge in [-0.05, 0) is 23.3 Å². The van der Waals surface area contributed by atoms with Crippen LogP contribution in [0.1, 0.15) is 27.2 Å². The Morgan fingerprint density at radius 2 is 1.28 bits per heavy atom. The molecule has 0 N–H and O–H groups in total. The molecule has 0 radical (unpaired) electrons. The number of para-hydroxylation sites is 1. The van der Waals surface area contributed by atoms with Gasteiger partial charge in [0.25, 0.3) is 0 Å². The molecule has 6 nitrogen and oxygen atoms in total. The average Bonchev–Trinajstić information content (AvgIpc) is 2.84. The fourth-order valence-corrected chi connectivity index (χ4v) is 3.23. The van der Waals surface area contributed by atoms with Crippen LogP contribution in [-0.4, -0.2) is 11.9 Å². The fraction of sp³-hybridized carbons (Fsp3) is 0.115. The third-order valence-electron chi connectivity index (χ3n) is 4.85. The quantitative estimate of drug-likeness (QED) is 0.405. The molecule has 3 aromatic carbocycles. The van der Waals surface area contributed by atoms with E-state index in [0.717, 1.165) is 11.1 Å². The largest absolute Gasteiger partial charge is 0.461 e. The monoisotopic (exact) mass is 428 g/mol. The van der Waals surface area contributed by atoms with Gasteiger partial charge < -0.3 is 13.9 Å². The molecule has 1 aromatic heterocycles. The van der Waals surface area contributed by atoms with Gasteiger partial charge in [0.2, 0.25) is 5.76 Å². The van der Waals surface area contributed by atoms with Gasteiger partial charge in [-0.3, -0.25) is 9.59 Å². The van der Waals surface area contributed by atoms with Crippen LogP contribution in [0.2, 0.25) is 0 Å². The summed E-state index contributed by atoms with van der Waals surface area (Å²) in [6, 6.07) is 24.9. The van der Waals surface area contributed by atoms with Gasteiger partial charge >= 0.3 is 11.9 Å². The van der Waals surface area contributed by atoms with Crippen LogP contribution >= 0.6 is 0 Å². The van der Waals surface area contributed by atoms with Crippen LogP contribution in [-0.2, 0) is 33.9 Å². The second kappa shape index (κ2) is 9.75. The molecule has 0 saturated heterocycles. The Kier molecular flexibility index (Phi) is 6.41. The molecule has 0 aliphatic carbocycles. The summed E-state index contributed by atoms with van der Waals surface area (Å²) in [5, 5.41) is 0.276. The van der Waals surface area contributed by atoms with Crippen molar-refractivity contribution in [1.29, 1.82) is 0 Å². The van der Waals surface area contributed by atoms with Crippen molar-refractivity contribution in [2.24, 2.45) is 0 Å². The summed E-state index contributed by atoms with van der Waals surface area (Å²) in [6.07, 6.45) is -0.407. The third kappa shape index (κ3) is 4.92. The lowest BCUT2D eigenvalue weighted by Gasteiger charge is -2.10. The summed E-state index contributed by atoms with van der Waals surface area (Å²) in [5.74, 6) is -1.75. The van der Waals surface area contributed by atoms with Crippen molar-refractivity contribution in [3.8, 4) is 0 Å². The smallest absolute Gasteiger partial charge is 0.375 e. The normalized spacial score (nSPS) is 10.6. The average molecular weight is 428 g/mol. The van der Waals surface area contributed by atoms with E-state index in [1.54, 1.807) is 24.3 Å². The van der Waals surface area contributed by atoms with Crippen molar-refractivity contribution >= 4 is 22.9 Å². The number of benzene rings is 3. The van der Waals surface area contributed by atoms with E-state index in [-0.39, 0.29) is 35.5 Å². The van der Waals surface area contributed by atoms with Gasteiger partial charge in [-0.1, -0.05) is 72.8 Å². The minimum atomic E-state index is -0.817. The molecule has 0 aliphatic heterocycles. The summed E-state index contributed by atoms with van der Waals surface area (Å²) in [5.41, 5.74) is 1.29. The molecule has 1 heterocycles. The second-order valence-corrected chi connectivity index (χ2v) is 7.12. The third-order valence-corrected chi connectivity index (χ3v) is 4.85. The van der Waals surface area contributed by atoms with Gasteiger partial charge in [-0.15, -0.1) is 0 Å². The van der Waals surface area contributed by atoms with E-state index in [4.69, 9.17) is 13.9 Å². The Hall–Kier alpha value is -4.19. The highest BCUT2D eigenvalue weighted by molar-refractivity contribution is 5.92. The number of esters is 2. The Morgan fingerprint density at radius 1 is 0.719 bits per heavy atom. The molecular weight excluding hydrogens is 408 g/mol. The van der Waals surface area contributed by atoms with Crippen LogP contribution in [0.3, 0.4) is 0 Å². The van der Waals surface area contributed by atoms with Crippen molar-refractivity contribution in [2.75, 3.05) is 0 Å². The lowest BCUT2D eigenvalue weighted by atomic mass is 10.1. The first kappa shape index (κ1) is 21.1. The maximum absolute atomic E-state index is 13.1. The predicted octanol–water partition coefficient (Wildman–Crippen LogP) is 4.44. The molecule has 0 aliphatic rings. The minimum Gasteiger partial charge on any atom is -0.461 e. The summed E-state index contributed by atoms with van der Waals surface area (Å²) < 4.78 is 16.3. The molecule has 0 atom stereocenters. The van der Waals surface area contributed by atoms with Crippen molar-refractivity contribution in [1.82, 2.24) is 0 Å². The summed E-state index contributed by atoms with van der Waals surface area (Å²) in [6.45, 7) is 0.0699. The van der Waals surface area contributed by atoms with Crippen molar-refractivity contribution in [2.45, 2.75) is 19.6 Å². The first-order valence-electron chi connectivity index (χ1n) is 10.1. The first-order valence-corrected chi connectivity index (χ1v) is 10.1. The SMILES string of the molecule is O=C(Cc1c(C(=O)OCc2ccccc2)oc2ccccc2c1=O)OCc1ccccc1. The standard InChI is InChI=1S/C26H20O6/c27-23(30-16-18-9-3-1-4-10-18)15-21-24(28)20-13-7-8-14-22(20)32-25(21)26(29)31-17-19-11-5-2-6-12-19/h1-14H,15-17H2. The number of rotatable bonds is 7. The number of ether oxygens (including phenoxy) is 2. The number of fused-ring (bicyclic) bond motifs is 1. The summed E-state index contributed by atoms with van der Waals surface area (Å²) in [7, 11) is 0. The van der Waals surface area contributed by atoms with Gasteiger partial charge in [-0.2, -0.15) is 0 Å². The van der Waals surface area contributed by atoms with E-state index in [1.165, 1.54) is 0 Å². The lowest BCUT2D eigenvalue weighted by molar-refractivity contribution is -0.144. The Bertz CT molecular complexity index is 1290. The number of carbonyl (C=O) groups is 2. The zero-order valence-electron chi connectivity index (χ0n) is 17.2. The van der Waals surface area contributed by atoms with E-state index in [2.05, 4.69) is 0 Å². The lowest BCUT2D eigenvalue weighted by Crippen LogP contribution is -2.21. The molecule has 4 aromatic rings. The van der Waals surface area contributed by atoms with Gasteiger partial charge in [0.05, 0.1) is 17.4 Å². The molecular formula is C26H20O6. The van der Waals surface area contributed by atoms with Gasteiger partial charge in [0, 0.05) is 0 Å². The molecule has 0 saturated carbocycles. The highest BCUT2D eigenvalue weighted by Gasteiger charge is 2.24. The molecule has 0 amide bonds. The Balaban J connectivity index is 1.59. The van der Waals surface area contributed by atoms with E-state index < -0.39 is 23.8 Å². The molecule has 0 spiro atoms. The number of hydrogen-bond donors (Lipinski definition) is 0. The van der Waals surface area contributed by atoms with Crippen LogP contribution in [0.4, 0.5) is 0 Å². The van der Waals surface area contributed by atoms with Crippen LogP contribution < -0.4 is 5.43 Å². The highest BCUT2D eigenvalue weighted by Crippen LogP contribution is 2.18. The summed E-state index contributed by atoms with van der Waals surface area (Å²) >= 11 is 0. The zero-order chi connectivity index (χ0) is 22.3. The number of hydrogen-bond acceptors (Lipinski definition) is 6. The van der Waals surface area contributed by atoms with Crippen LogP contribution in [0, 0.1) is 0 Å². The Labute approximate surface area is 184 Å². The van der Waals surface area contributed by atoms with Crippen molar-refractivity contribution in [3.05, 3.63) is 118 Å². The minimum absolute atomic E-state index is 0.00804. The van der Waals surface area contributed by atoms with Crippen molar-refractivity contribution < 1.29 is 23.5 Å². The van der Waals surface area contributed by atoms with Gasteiger partial charge in [-0.25, -0.2) is 4.79 Å². The molecule has 6 heteroatoms. The first-order chi connectivity index (χ1) is 15.6. The molecule has 0 fully saturated rings. The fourth-order valence-electron chi connectivity index (χ4n) is 3.23. The van der Waals surface area contributed by atoms with E-state index in [9.17, 15) is 14.4 Å². The molecule has 0 bridgehead atoms. The van der Waals surface area contributed by atoms with Crippen LogP contribution in [0.15, 0.2) is 94.1 Å². The topological polar surface area (TPSA) is 82.8 Å². The van der Waals surface area contributed by atoms with E-state index in [1.807, 2.05) is 60.7 Å². The molecule has 160 valence electrons. The maximum Gasteiger partial charge on any atom is 0.375 e. The van der Waals surface area contributed by atoms with E-state index in [0.29, 0.717) is 0 Å². The van der Waals surface area contributed by atoms with Crippen LogP contribution in [0.25, 0.3) is 11.0 Å². The number of carbonyl (C=O) groups excluding carboxylic acids is 2. The van der Waals surface area contributed by atoms with E-state index >= 15 is 0 Å². The molecule has 4 rings (SSSR count). The zero-order valence-corrected chi connectivity index (χ0v) is 17.2. The molecule has 32 heavy (non-hydrogen) atoms.